The number of anilines is 3. The van der Waals surface area contributed by atoms with E-state index in [0.29, 0.717) is 0 Å². The van der Waals surface area contributed by atoms with Crippen LogP contribution in [0.3, 0.4) is 0 Å². The number of benzene rings is 11. The number of fused-ring (bicyclic) bond motifs is 8. The molecule has 3 heteroatoms. The number of thiophene rings is 1. The van der Waals surface area contributed by atoms with Gasteiger partial charge in [-0.25, -0.2) is 0 Å². The molecule has 0 atom stereocenters. The fraction of sp³-hybridized carbons (Fsp3) is 0. The summed E-state index contributed by atoms with van der Waals surface area (Å²) >= 11 is 1.88. The van der Waals surface area contributed by atoms with Crippen LogP contribution in [0.1, 0.15) is 0 Å². The topological polar surface area (TPSA) is 8.17 Å². The fourth-order valence-electron chi connectivity index (χ4n) is 10.2. The first-order valence-corrected chi connectivity index (χ1v) is 23.7. The molecule has 11 aromatic carbocycles. The maximum Gasteiger partial charge on any atom is 0.0619 e. The molecule has 13 aromatic rings. The maximum atomic E-state index is 2.45. The molecule has 2 heterocycles. The first-order chi connectivity index (χ1) is 33.2. The molecular formula is C64H42N2S. The van der Waals surface area contributed by atoms with Crippen molar-refractivity contribution in [3.05, 3.63) is 255 Å². The number of rotatable bonds is 8. The van der Waals surface area contributed by atoms with Crippen LogP contribution in [0.25, 0.3) is 103 Å². The van der Waals surface area contributed by atoms with Gasteiger partial charge < -0.3 is 9.47 Å². The first-order valence-electron chi connectivity index (χ1n) is 22.9. The monoisotopic (exact) mass is 870 g/mol. The predicted molar refractivity (Wildman–Crippen MR) is 288 cm³/mol. The van der Waals surface area contributed by atoms with E-state index in [-0.39, 0.29) is 0 Å². The summed E-state index contributed by atoms with van der Waals surface area (Å²) in [5, 5.41) is 7.62. The molecule has 0 fully saturated rings. The van der Waals surface area contributed by atoms with E-state index in [0.717, 1.165) is 28.3 Å². The third kappa shape index (κ3) is 6.71. The summed E-state index contributed by atoms with van der Waals surface area (Å²) in [6, 6.07) is 93.1. The lowest BCUT2D eigenvalue weighted by atomic mass is 9.93. The molecule has 0 aliphatic carbocycles. The molecule has 0 aliphatic rings. The molecule has 0 saturated heterocycles. The van der Waals surface area contributed by atoms with Crippen LogP contribution < -0.4 is 4.90 Å². The van der Waals surface area contributed by atoms with E-state index in [1.807, 2.05) is 11.3 Å². The summed E-state index contributed by atoms with van der Waals surface area (Å²) in [5.74, 6) is 0. The van der Waals surface area contributed by atoms with Crippen LogP contribution in [0.2, 0.25) is 0 Å². The van der Waals surface area contributed by atoms with Gasteiger partial charge in [0.2, 0.25) is 0 Å². The third-order valence-electron chi connectivity index (χ3n) is 13.4. The minimum absolute atomic E-state index is 1.08. The van der Waals surface area contributed by atoms with E-state index >= 15 is 0 Å². The lowest BCUT2D eigenvalue weighted by Crippen LogP contribution is -2.10. The molecular weight excluding hydrogens is 829 g/mol. The van der Waals surface area contributed by atoms with Gasteiger partial charge in [-0.2, -0.15) is 0 Å². The highest BCUT2D eigenvalue weighted by Crippen LogP contribution is 2.44. The third-order valence-corrected chi connectivity index (χ3v) is 14.6. The lowest BCUT2D eigenvalue weighted by Gasteiger charge is -2.27. The van der Waals surface area contributed by atoms with Gasteiger partial charge in [-0.3, -0.25) is 0 Å². The summed E-state index contributed by atoms with van der Waals surface area (Å²) < 4.78 is 5.08. The number of para-hydroxylation sites is 1. The van der Waals surface area contributed by atoms with Crippen LogP contribution in [0.4, 0.5) is 17.1 Å². The molecule has 13 rings (SSSR count). The Morgan fingerprint density at radius 3 is 1.63 bits per heavy atom. The quantitative estimate of drug-likeness (QED) is 0.148. The Kier molecular flexibility index (Phi) is 9.40. The van der Waals surface area contributed by atoms with E-state index in [2.05, 4.69) is 264 Å². The summed E-state index contributed by atoms with van der Waals surface area (Å²) in [4.78, 5) is 2.40. The van der Waals surface area contributed by atoms with Crippen LogP contribution in [-0.4, -0.2) is 4.57 Å². The average molecular weight is 871 g/mol. The lowest BCUT2D eigenvalue weighted by molar-refractivity contribution is 1.19. The number of nitrogens with zero attached hydrogens (tertiary/aromatic N) is 2. The van der Waals surface area contributed by atoms with E-state index in [1.165, 1.54) is 91.7 Å². The Labute approximate surface area is 393 Å². The van der Waals surface area contributed by atoms with Gasteiger partial charge in [0.15, 0.2) is 0 Å². The molecule has 67 heavy (non-hydrogen) atoms. The maximum absolute atomic E-state index is 2.45. The van der Waals surface area contributed by atoms with E-state index in [1.54, 1.807) is 0 Å². The number of hydrogen-bond donors (Lipinski definition) is 0. The van der Waals surface area contributed by atoms with Crippen LogP contribution in [0.5, 0.6) is 0 Å². The molecule has 314 valence electrons. The van der Waals surface area contributed by atoms with Crippen molar-refractivity contribution in [2.75, 3.05) is 4.90 Å². The molecule has 2 nitrogen and oxygen atoms in total. The SMILES string of the molecule is c1ccc(-c2ccc(N(c3ccc(-c4ccc5c6ccc7ccccc7c6n(-c6ccccc6)c5c4)cc3)c3ccc(-c4cccc5c4sc4ccccc45)cc3)cc2-c2ccccc2)cc1. The zero-order valence-corrected chi connectivity index (χ0v) is 37.4. The summed E-state index contributed by atoms with van der Waals surface area (Å²) in [5.41, 5.74) is 16.4. The highest BCUT2D eigenvalue weighted by Gasteiger charge is 2.20. The van der Waals surface area contributed by atoms with Crippen molar-refractivity contribution in [2.45, 2.75) is 0 Å². The number of hydrogen-bond acceptors (Lipinski definition) is 2. The van der Waals surface area contributed by atoms with E-state index in [9.17, 15) is 0 Å². The van der Waals surface area contributed by atoms with Crippen molar-refractivity contribution in [3.8, 4) is 50.2 Å². The van der Waals surface area contributed by atoms with E-state index < -0.39 is 0 Å². The highest BCUT2D eigenvalue weighted by atomic mass is 32.1. The second-order valence-electron chi connectivity index (χ2n) is 17.3. The Bertz CT molecular complexity index is 3940. The molecule has 0 aliphatic heterocycles. The van der Waals surface area contributed by atoms with Gasteiger partial charge in [-0.1, -0.05) is 194 Å². The van der Waals surface area contributed by atoms with Crippen LogP contribution >= 0.6 is 11.3 Å². The largest absolute Gasteiger partial charge is 0.310 e. The van der Waals surface area contributed by atoms with E-state index in [4.69, 9.17) is 0 Å². The zero-order chi connectivity index (χ0) is 44.3. The molecule has 0 unspecified atom stereocenters. The van der Waals surface area contributed by atoms with Crippen molar-refractivity contribution >= 4 is 81.1 Å². The Morgan fingerprint density at radius 1 is 0.313 bits per heavy atom. The summed E-state index contributed by atoms with van der Waals surface area (Å²) in [6.07, 6.45) is 0. The molecule has 0 saturated carbocycles. The molecule has 0 bridgehead atoms. The van der Waals surface area contributed by atoms with Crippen molar-refractivity contribution < 1.29 is 0 Å². The van der Waals surface area contributed by atoms with Gasteiger partial charge >= 0.3 is 0 Å². The Balaban J connectivity index is 0.948. The second-order valence-corrected chi connectivity index (χ2v) is 18.3. The second kappa shape index (κ2) is 16.2. The average Bonchev–Trinajstić information content (AvgIpc) is 3.96. The van der Waals surface area contributed by atoms with Gasteiger partial charge in [0.1, 0.15) is 0 Å². The minimum Gasteiger partial charge on any atom is -0.310 e. The molecule has 2 aromatic heterocycles. The number of aromatic nitrogens is 1. The van der Waals surface area contributed by atoms with Gasteiger partial charge in [0, 0.05) is 59.1 Å². The summed E-state index contributed by atoms with van der Waals surface area (Å²) in [7, 11) is 0. The Hall–Kier alpha value is -8.50. The zero-order valence-electron chi connectivity index (χ0n) is 36.6. The molecule has 0 spiro atoms. The van der Waals surface area contributed by atoms with Gasteiger partial charge in [0.05, 0.1) is 11.0 Å². The first kappa shape index (κ1) is 38.9. The van der Waals surface area contributed by atoms with Crippen molar-refractivity contribution in [1.82, 2.24) is 4.57 Å². The normalized spacial score (nSPS) is 11.6. The van der Waals surface area contributed by atoms with Crippen molar-refractivity contribution in [2.24, 2.45) is 0 Å². The van der Waals surface area contributed by atoms with Crippen molar-refractivity contribution in [3.63, 3.8) is 0 Å². The van der Waals surface area contributed by atoms with Crippen LogP contribution in [0, 0.1) is 0 Å². The molecule has 0 N–H and O–H groups in total. The van der Waals surface area contributed by atoms with Gasteiger partial charge in [-0.05, 0) is 111 Å². The van der Waals surface area contributed by atoms with Crippen LogP contribution in [0.15, 0.2) is 255 Å². The smallest absolute Gasteiger partial charge is 0.0619 e. The highest BCUT2D eigenvalue weighted by molar-refractivity contribution is 7.26. The predicted octanol–water partition coefficient (Wildman–Crippen LogP) is 18.4. The standard InChI is InChI=1S/C64H42N2S/c1-4-15-44(16-5-1)53-40-37-52(42-60(53)45-17-6-2-7-18-45)65(51-35-29-47(30-36-51)55-24-14-25-59-57-23-12-13-26-62(57)67-64(55)59)50-33-27-43(28-34-50)48-32-38-56-58-39-31-46-19-10-11-22-54(46)63(58)66(61(56)41-48)49-20-8-3-9-21-49/h1-42H. The van der Waals surface area contributed by atoms with Gasteiger partial charge in [-0.15, -0.1) is 11.3 Å². The summed E-state index contributed by atoms with van der Waals surface area (Å²) in [6.45, 7) is 0. The van der Waals surface area contributed by atoms with Crippen molar-refractivity contribution in [1.29, 1.82) is 0 Å². The van der Waals surface area contributed by atoms with Crippen LogP contribution in [-0.2, 0) is 0 Å². The fourth-order valence-corrected chi connectivity index (χ4v) is 11.5. The molecule has 0 amide bonds. The Morgan fingerprint density at radius 2 is 0.881 bits per heavy atom. The molecule has 0 radical (unpaired) electrons. The minimum atomic E-state index is 1.08. The van der Waals surface area contributed by atoms with Gasteiger partial charge in [0.25, 0.3) is 0 Å².